The first-order valence-corrected chi connectivity index (χ1v) is 8.43. The molecule has 1 saturated heterocycles. The molecule has 0 bridgehead atoms. The molecule has 0 saturated carbocycles. The van der Waals surface area contributed by atoms with E-state index in [-0.39, 0.29) is 11.4 Å². The summed E-state index contributed by atoms with van der Waals surface area (Å²) >= 11 is 0. The number of halogens is 3. The summed E-state index contributed by atoms with van der Waals surface area (Å²) in [6.45, 7) is 3.07. The highest BCUT2D eigenvalue weighted by molar-refractivity contribution is 5.95. The second-order valence-electron chi connectivity index (χ2n) is 6.18. The number of nitrogens with zero attached hydrogens (tertiary/aromatic N) is 2. The molecule has 2 aromatic rings. The maximum Gasteiger partial charge on any atom is 0.433 e. The van der Waals surface area contributed by atoms with Crippen LogP contribution in [0.2, 0.25) is 0 Å². The molecule has 7 heteroatoms. The molecule has 2 heterocycles. The Kier molecular flexibility index (Phi) is 4.83. The predicted octanol–water partition coefficient (Wildman–Crippen LogP) is 3.75. The van der Waals surface area contributed by atoms with E-state index in [1.54, 1.807) is 29.2 Å². The van der Waals surface area contributed by atoms with Crippen LogP contribution in [0.15, 0.2) is 30.3 Å². The quantitative estimate of drug-likeness (QED) is 0.913. The second kappa shape index (κ2) is 6.90. The first-order chi connectivity index (χ1) is 11.9. The number of hydrogen-bond acceptors (Lipinski definition) is 3. The molecule has 1 aromatic heterocycles. The highest BCUT2D eigenvalue weighted by atomic mass is 19.4. The molecule has 1 amide bonds. The van der Waals surface area contributed by atoms with Crippen molar-refractivity contribution in [1.29, 1.82) is 0 Å². The van der Waals surface area contributed by atoms with E-state index >= 15 is 0 Å². The number of aromatic nitrogens is 1. The third-order valence-corrected chi connectivity index (χ3v) is 4.40. The molecule has 1 fully saturated rings. The van der Waals surface area contributed by atoms with Crippen molar-refractivity contribution in [2.24, 2.45) is 0 Å². The Balaban J connectivity index is 2.05. The van der Waals surface area contributed by atoms with Gasteiger partial charge in [0, 0.05) is 24.2 Å². The summed E-state index contributed by atoms with van der Waals surface area (Å²) in [6, 6.07) is 7.36. The standard InChI is InChI=1S/C18H20F3N3O/c1-2-9-22-17(25)14-8-5-10-24(14)15-11-16(18(19,20)21)23-13-7-4-3-6-12(13)15/h3-4,6-7,11,14H,2,5,8-10H2,1H3,(H,22,25). The van der Waals surface area contributed by atoms with Gasteiger partial charge >= 0.3 is 6.18 Å². The molecule has 0 aliphatic carbocycles. The molecule has 1 aromatic carbocycles. The molecular formula is C18H20F3N3O. The van der Waals surface area contributed by atoms with Crippen LogP contribution in [0.4, 0.5) is 18.9 Å². The summed E-state index contributed by atoms with van der Waals surface area (Å²) in [5.74, 6) is -0.131. The summed E-state index contributed by atoms with van der Waals surface area (Å²) in [6.07, 6.45) is -2.32. The Morgan fingerprint density at radius 2 is 2.12 bits per heavy atom. The highest BCUT2D eigenvalue weighted by Crippen LogP contribution is 2.37. The van der Waals surface area contributed by atoms with E-state index < -0.39 is 17.9 Å². The van der Waals surface area contributed by atoms with Crippen molar-refractivity contribution >= 4 is 22.5 Å². The molecular weight excluding hydrogens is 331 g/mol. The molecule has 1 N–H and O–H groups in total. The fourth-order valence-electron chi connectivity index (χ4n) is 3.23. The number of benzene rings is 1. The minimum atomic E-state index is -4.53. The number of carbonyl (C=O) groups is 1. The van der Waals surface area contributed by atoms with Crippen LogP contribution in [0, 0.1) is 0 Å². The minimum absolute atomic E-state index is 0.131. The Bertz CT molecular complexity index is 776. The number of rotatable bonds is 4. The molecule has 25 heavy (non-hydrogen) atoms. The number of pyridine rings is 1. The van der Waals surface area contributed by atoms with Gasteiger partial charge < -0.3 is 10.2 Å². The lowest BCUT2D eigenvalue weighted by atomic mass is 10.1. The van der Waals surface area contributed by atoms with Gasteiger partial charge in [0.05, 0.1) is 5.52 Å². The molecule has 0 radical (unpaired) electrons. The molecule has 3 rings (SSSR count). The van der Waals surface area contributed by atoms with Crippen LogP contribution in [0.3, 0.4) is 0 Å². The fraction of sp³-hybridized carbons (Fsp3) is 0.444. The topological polar surface area (TPSA) is 45.2 Å². The van der Waals surface area contributed by atoms with E-state index in [1.807, 2.05) is 6.92 Å². The lowest BCUT2D eigenvalue weighted by molar-refractivity contribution is -0.140. The Morgan fingerprint density at radius 3 is 2.84 bits per heavy atom. The zero-order chi connectivity index (χ0) is 18.0. The lowest BCUT2D eigenvalue weighted by Crippen LogP contribution is -2.43. The maximum atomic E-state index is 13.2. The van der Waals surface area contributed by atoms with E-state index in [0.717, 1.165) is 18.9 Å². The second-order valence-corrected chi connectivity index (χ2v) is 6.18. The van der Waals surface area contributed by atoms with Gasteiger partial charge in [-0.15, -0.1) is 0 Å². The smallest absolute Gasteiger partial charge is 0.359 e. The first-order valence-electron chi connectivity index (χ1n) is 8.43. The summed E-state index contributed by atoms with van der Waals surface area (Å²) in [4.78, 5) is 17.9. The van der Waals surface area contributed by atoms with Gasteiger partial charge in [-0.3, -0.25) is 4.79 Å². The van der Waals surface area contributed by atoms with Gasteiger partial charge in [-0.25, -0.2) is 4.98 Å². The van der Waals surface area contributed by atoms with Gasteiger partial charge in [0.25, 0.3) is 0 Å². The normalized spacial score (nSPS) is 17.9. The maximum absolute atomic E-state index is 13.2. The van der Waals surface area contributed by atoms with Crippen molar-refractivity contribution in [1.82, 2.24) is 10.3 Å². The molecule has 134 valence electrons. The lowest BCUT2D eigenvalue weighted by Gasteiger charge is -2.27. The molecule has 1 aliphatic rings. The van der Waals surface area contributed by atoms with Crippen molar-refractivity contribution in [3.05, 3.63) is 36.0 Å². The fourth-order valence-corrected chi connectivity index (χ4v) is 3.23. The summed E-state index contributed by atoms with van der Waals surface area (Å²) < 4.78 is 39.7. The van der Waals surface area contributed by atoms with Crippen molar-refractivity contribution in [3.8, 4) is 0 Å². The minimum Gasteiger partial charge on any atom is -0.359 e. The summed E-state index contributed by atoms with van der Waals surface area (Å²) in [7, 11) is 0. The highest BCUT2D eigenvalue weighted by Gasteiger charge is 2.36. The van der Waals surface area contributed by atoms with Crippen molar-refractivity contribution in [3.63, 3.8) is 0 Å². The zero-order valence-electron chi connectivity index (χ0n) is 13.9. The predicted molar refractivity (Wildman–Crippen MR) is 90.4 cm³/mol. The number of alkyl halides is 3. The molecule has 1 atom stereocenters. The first kappa shape index (κ1) is 17.5. The number of hydrogen-bond donors (Lipinski definition) is 1. The van der Waals surface area contributed by atoms with Gasteiger partial charge in [0.1, 0.15) is 11.7 Å². The van der Waals surface area contributed by atoms with Crippen molar-refractivity contribution in [2.45, 2.75) is 38.4 Å². The van der Waals surface area contributed by atoms with Crippen LogP contribution in [0.5, 0.6) is 0 Å². The molecule has 0 spiro atoms. The SMILES string of the molecule is CCCNC(=O)C1CCCN1c1cc(C(F)(F)F)nc2ccccc12. The molecule has 1 unspecified atom stereocenters. The van der Waals surface area contributed by atoms with Gasteiger partial charge in [-0.1, -0.05) is 25.1 Å². The summed E-state index contributed by atoms with van der Waals surface area (Å²) in [5, 5.41) is 3.48. The van der Waals surface area contributed by atoms with E-state index in [0.29, 0.717) is 30.6 Å². The van der Waals surface area contributed by atoms with Crippen LogP contribution in [0.25, 0.3) is 10.9 Å². The van der Waals surface area contributed by atoms with E-state index in [9.17, 15) is 18.0 Å². The third kappa shape index (κ3) is 3.55. The van der Waals surface area contributed by atoms with Crippen molar-refractivity contribution < 1.29 is 18.0 Å². The van der Waals surface area contributed by atoms with Gasteiger partial charge in [-0.05, 0) is 31.4 Å². The molecule has 4 nitrogen and oxygen atoms in total. The number of para-hydroxylation sites is 1. The van der Waals surface area contributed by atoms with Crippen LogP contribution < -0.4 is 10.2 Å². The number of amides is 1. The van der Waals surface area contributed by atoms with Crippen molar-refractivity contribution in [2.75, 3.05) is 18.0 Å². The van der Waals surface area contributed by atoms with Gasteiger partial charge in [0.15, 0.2) is 0 Å². The number of fused-ring (bicyclic) bond motifs is 1. The van der Waals surface area contributed by atoms with Crippen LogP contribution >= 0.6 is 0 Å². The Morgan fingerprint density at radius 1 is 1.36 bits per heavy atom. The van der Waals surface area contributed by atoms with Crippen LogP contribution in [-0.4, -0.2) is 30.0 Å². The van der Waals surface area contributed by atoms with Crippen LogP contribution in [0.1, 0.15) is 31.9 Å². The summed E-state index contributed by atoms with van der Waals surface area (Å²) in [5.41, 5.74) is -0.222. The zero-order valence-corrected chi connectivity index (χ0v) is 13.9. The largest absolute Gasteiger partial charge is 0.433 e. The average Bonchev–Trinajstić information content (AvgIpc) is 3.07. The van der Waals surface area contributed by atoms with Gasteiger partial charge in [0.2, 0.25) is 5.91 Å². The average molecular weight is 351 g/mol. The van der Waals surface area contributed by atoms with E-state index in [2.05, 4.69) is 10.3 Å². The monoisotopic (exact) mass is 351 g/mol. The Hall–Kier alpha value is -2.31. The van der Waals surface area contributed by atoms with Crippen LogP contribution in [-0.2, 0) is 11.0 Å². The van der Waals surface area contributed by atoms with Gasteiger partial charge in [-0.2, -0.15) is 13.2 Å². The number of nitrogens with one attached hydrogen (secondary N) is 1. The van der Waals surface area contributed by atoms with E-state index in [1.165, 1.54) is 0 Å². The van der Waals surface area contributed by atoms with E-state index in [4.69, 9.17) is 0 Å². The number of carbonyl (C=O) groups excluding carboxylic acids is 1. The third-order valence-electron chi connectivity index (χ3n) is 4.40. The Labute approximate surface area is 144 Å². The number of anilines is 1. The molecule has 1 aliphatic heterocycles.